The summed E-state index contributed by atoms with van der Waals surface area (Å²) in [6.45, 7) is 24.9. The molecule has 61 heavy (non-hydrogen) atoms. The van der Waals surface area contributed by atoms with Gasteiger partial charge in [-0.05, 0) is 128 Å². The Morgan fingerprint density at radius 1 is 0.508 bits per heavy atom. The summed E-state index contributed by atoms with van der Waals surface area (Å²) in [6.07, 6.45) is 7.75. The smallest absolute Gasteiger partial charge is 0.762 e. The molecular weight excluding hydrogens is 861 g/mol. The van der Waals surface area contributed by atoms with E-state index in [0.29, 0.717) is 11.9 Å². The zero-order valence-corrected chi connectivity index (χ0v) is 37.6. The summed E-state index contributed by atoms with van der Waals surface area (Å²) in [4.78, 5) is 0. The van der Waals surface area contributed by atoms with Crippen molar-refractivity contribution in [1.29, 1.82) is 0 Å². The Kier molecular flexibility index (Phi) is 16.1. The molecule has 0 radical (unpaired) electrons. The topological polar surface area (TPSA) is 170 Å². The van der Waals surface area contributed by atoms with Gasteiger partial charge in [-0.15, -0.1) is 10.6 Å². The van der Waals surface area contributed by atoms with Crippen LogP contribution in [0.25, 0.3) is 22.7 Å². The van der Waals surface area contributed by atoms with Crippen LogP contribution in [0.1, 0.15) is 66.8 Å². The van der Waals surface area contributed by atoms with E-state index in [1.54, 1.807) is 0 Å². The average molecular weight is 910 g/mol. The number of halogens is 3. The molecule has 6 rings (SSSR count). The van der Waals surface area contributed by atoms with E-state index < -0.39 is 15.6 Å². The van der Waals surface area contributed by atoms with Crippen LogP contribution in [0.2, 0.25) is 0 Å². The molecule has 0 saturated carbocycles. The van der Waals surface area contributed by atoms with Crippen LogP contribution in [0.5, 0.6) is 0 Å². The van der Waals surface area contributed by atoms with Gasteiger partial charge in [0.1, 0.15) is 47.5 Å². The van der Waals surface area contributed by atoms with E-state index in [9.17, 15) is 23.6 Å². The number of aryl methyl sites for hydroxylation is 12. The molecule has 0 bridgehead atoms. The Bertz CT molecular complexity index is 2340. The fraction of sp³-hybridized carbons (Fsp3) is 0.302. The van der Waals surface area contributed by atoms with E-state index in [1.807, 2.05) is 43.1 Å². The number of hydrogen-bond acceptors (Lipinski definition) is 9. The number of aromatic nitrogens is 4. The zero-order chi connectivity index (χ0) is 45.0. The Hall–Kier alpha value is -5.68. The van der Waals surface area contributed by atoms with Crippen LogP contribution in [0.3, 0.4) is 0 Å². The molecule has 0 unspecified atom stereocenters. The third kappa shape index (κ3) is 11.2. The van der Waals surface area contributed by atoms with E-state index in [2.05, 4.69) is 152 Å². The van der Waals surface area contributed by atoms with E-state index >= 15 is 0 Å². The number of imidazole rings is 2. The second kappa shape index (κ2) is 19.8. The first-order valence-electron chi connectivity index (χ1n) is 18.6. The van der Waals surface area contributed by atoms with Crippen LogP contribution in [-0.2, 0) is 27.2 Å². The van der Waals surface area contributed by atoms with Gasteiger partial charge in [-0.1, -0.05) is 70.8 Å². The molecule has 0 amide bonds. The van der Waals surface area contributed by atoms with Crippen LogP contribution < -0.4 is 9.13 Å². The Balaban J connectivity index is 0.000000273. The zero-order valence-electron chi connectivity index (χ0n) is 35.9. The molecule has 2 aromatic heterocycles. The maximum Gasteiger partial charge on any atom is 1.00 e. The van der Waals surface area contributed by atoms with Crippen molar-refractivity contribution in [3.63, 3.8) is 0 Å². The average Bonchev–Trinajstić information content (AvgIpc) is 3.67. The standard InChI is InChI=1S/2C21H24N4O.CHF3O3S.Cu/c2*1-13-9-15(3)19(16(4)10-13)24-7-8-25(21(24)22-23-26)20-17(5)11-14(2)12-18(20)6;2-1(3,4)8(5,6)7;/h2*7-12H,1-6H3;(H,5,6,7);/q;;;+1/p-1. The Morgan fingerprint density at radius 2 is 0.738 bits per heavy atom. The molecule has 0 atom stereocenters. The van der Waals surface area contributed by atoms with Crippen molar-refractivity contribution >= 4 is 22.0 Å². The minimum absolute atomic E-state index is 0. The summed E-state index contributed by atoms with van der Waals surface area (Å²) in [7, 11) is -6.09. The molecule has 0 aliphatic rings. The maximum absolute atomic E-state index is 11.0. The van der Waals surface area contributed by atoms with Crippen molar-refractivity contribution in [3.05, 3.63) is 150 Å². The summed E-state index contributed by atoms with van der Waals surface area (Å²) < 4.78 is 66.6. The molecule has 0 spiro atoms. The van der Waals surface area contributed by atoms with Crippen LogP contribution in [0.4, 0.5) is 25.1 Å². The molecule has 0 N–H and O–H groups in total. The molecule has 18 heteroatoms. The molecule has 2 heterocycles. The SMILES string of the molecule is Cc1cc(C)c(-n2cc[n+](-c3c(C)cc(C)cc3C)c2/N=N/[O-])c(C)c1.Cc1cc(C)c(-n2cc[n+](-c3c(C)cc(C)cc3C)c2/N=N/[O-])c(C)c1.O=S(=O)([O-])C(F)(F)F.[Cu+]. The molecule has 0 saturated heterocycles. The number of hydrogen-bond donors (Lipinski definition) is 0. The minimum atomic E-state index is -6.09. The number of alkyl halides is 3. The van der Waals surface area contributed by atoms with E-state index in [0.717, 1.165) is 67.3 Å². The predicted molar refractivity (Wildman–Crippen MR) is 223 cm³/mol. The van der Waals surface area contributed by atoms with Crippen molar-refractivity contribution in [2.45, 2.75) is 88.6 Å². The van der Waals surface area contributed by atoms with Crippen LogP contribution in [-0.4, -0.2) is 27.6 Å². The van der Waals surface area contributed by atoms with Gasteiger partial charge < -0.3 is 15.0 Å². The van der Waals surface area contributed by atoms with Crippen molar-refractivity contribution in [3.8, 4) is 22.7 Å². The third-order valence-corrected chi connectivity index (χ3v) is 10.2. The maximum atomic E-state index is 11.0. The number of rotatable bonds is 6. The molecular formula is C43H48CuF3N8O5S. The fourth-order valence-corrected chi connectivity index (χ4v) is 7.94. The first-order valence-corrected chi connectivity index (χ1v) is 20.0. The van der Waals surface area contributed by atoms with Crippen molar-refractivity contribution < 1.29 is 52.3 Å². The summed E-state index contributed by atoms with van der Waals surface area (Å²) >= 11 is 0. The molecule has 0 fully saturated rings. The van der Waals surface area contributed by atoms with Crippen LogP contribution in [0, 0.1) is 93.5 Å². The first-order chi connectivity index (χ1) is 27.9. The Morgan fingerprint density at radius 3 is 0.951 bits per heavy atom. The Labute approximate surface area is 364 Å². The van der Waals surface area contributed by atoms with Crippen molar-refractivity contribution in [2.75, 3.05) is 0 Å². The van der Waals surface area contributed by atoms with Crippen LogP contribution in [0.15, 0.2) is 94.1 Å². The first kappa shape index (κ1) is 49.7. The molecule has 0 aliphatic heterocycles. The van der Waals surface area contributed by atoms with Gasteiger partial charge in [-0.25, -0.2) is 8.42 Å². The fourth-order valence-electron chi connectivity index (χ4n) is 7.94. The van der Waals surface area contributed by atoms with Crippen molar-refractivity contribution in [1.82, 2.24) is 9.13 Å². The van der Waals surface area contributed by atoms with Gasteiger partial charge in [0.05, 0.1) is 0 Å². The third-order valence-electron chi connectivity index (χ3n) is 9.64. The monoisotopic (exact) mass is 908 g/mol. The van der Waals surface area contributed by atoms with Crippen molar-refractivity contribution in [2.24, 2.45) is 20.8 Å². The van der Waals surface area contributed by atoms with E-state index in [4.69, 9.17) is 13.0 Å². The second-order valence-electron chi connectivity index (χ2n) is 14.9. The molecule has 0 aliphatic carbocycles. The normalized spacial score (nSPS) is 11.6. The van der Waals surface area contributed by atoms with Gasteiger partial charge in [0, 0.05) is 10.2 Å². The number of benzene rings is 4. The molecule has 13 nitrogen and oxygen atoms in total. The van der Waals surface area contributed by atoms with E-state index in [1.165, 1.54) is 22.3 Å². The second-order valence-corrected chi connectivity index (χ2v) is 16.3. The summed E-state index contributed by atoms with van der Waals surface area (Å²) in [5.41, 5.74) is 12.3. The largest absolute Gasteiger partial charge is 1.00 e. The molecule has 6 aromatic rings. The van der Waals surface area contributed by atoms with Gasteiger partial charge in [-0.3, -0.25) is 0 Å². The summed E-state index contributed by atoms with van der Waals surface area (Å²) in [5.74, 6) is 0.982. The van der Waals surface area contributed by atoms with Crippen LogP contribution >= 0.6 is 0 Å². The minimum Gasteiger partial charge on any atom is -0.762 e. The van der Waals surface area contributed by atoms with Gasteiger partial charge in [0.2, 0.25) is 0 Å². The van der Waals surface area contributed by atoms with Gasteiger partial charge in [0.15, 0.2) is 10.1 Å². The quantitative estimate of drug-likeness (QED) is 0.0404. The molecule has 4 aromatic carbocycles. The summed E-state index contributed by atoms with van der Waals surface area (Å²) in [5, 5.41) is 35.6. The van der Waals surface area contributed by atoms with Gasteiger partial charge in [-0.2, -0.15) is 31.4 Å². The van der Waals surface area contributed by atoms with Gasteiger partial charge >= 0.3 is 34.5 Å². The molecule has 328 valence electrons. The number of nitrogens with zero attached hydrogens (tertiary/aromatic N) is 8. The van der Waals surface area contributed by atoms with E-state index in [-0.39, 0.29) is 17.1 Å². The summed E-state index contributed by atoms with van der Waals surface area (Å²) in [6, 6.07) is 17.1. The predicted octanol–water partition coefficient (Wildman–Crippen LogP) is 10.4. The van der Waals surface area contributed by atoms with Gasteiger partial charge in [0.25, 0.3) is 0 Å².